The van der Waals surface area contributed by atoms with Gasteiger partial charge in [0.2, 0.25) is 11.8 Å². The average molecular weight is 480 g/mol. The highest BCUT2D eigenvalue weighted by molar-refractivity contribution is 9.10. The molecule has 0 saturated heterocycles. The van der Waals surface area contributed by atoms with Crippen molar-refractivity contribution in [1.29, 1.82) is 5.26 Å². The van der Waals surface area contributed by atoms with E-state index in [1.807, 2.05) is 19.9 Å². The first-order valence-corrected chi connectivity index (χ1v) is 10.7. The van der Waals surface area contributed by atoms with Crippen molar-refractivity contribution in [1.82, 2.24) is 10.6 Å². The zero-order chi connectivity index (χ0) is 21.6. The predicted octanol–water partition coefficient (Wildman–Crippen LogP) is 2.69. The van der Waals surface area contributed by atoms with Crippen LogP contribution in [0.2, 0.25) is 0 Å². The number of halogens is 1. The van der Waals surface area contributed by atoms with E-state index < -0.39 is 23.7 Å². The van der Waals surface area contributed by atoms with Gasteiger partial charge in [-0.05, 0) is 23.6 Å². The number of esters is 1. The van der Waals surface area contributed by atoms with E-state index in [1.165, 1.54) is 7.11 Å². The van der Waals surface area contributed by atoms with E-state index in [4.69, 9.17) is 4.74 Å². The summed E-state index contributed by atoms with van der Waals surface area (Å²) in [6.45, 7) is 4.52. The number of amides is 2. The van der Waals surface area contributed by atoms with Gasteiger partial charge in [-0.15, -0.1) is 0 Å². The van der Waals surface area contributed by atoms with Crippen LogP contribution in [-0.2, 0) is 19.1 Å². The van der Waals surface area contributed by atoms with Gasteiger partial charge in [0.15, 0.2) is 0 Å². The molecule has 1 aliphatic heterocycles. The molecular formula is C20H22BrN3O4S. The second-order valence-electron chi connectivity index (χ2n) is 6.86. The SMILES string of the molecule is COC(=O)[C@H]1C(=O)NC(SCC(=O)NCC(C)C)=C(C#N)[C@H]1c1cccc(Br)c1. The summed E-state index contributed by atoms with van der Waals surface area (Å²) >= 11 is 4.45. The molecule has 0 fully saturated rings. The summed E-state index contributed by atoms with van der Waals surface area (Å²) in [6, 6.07) is 9.20. The summed E-state index contributed by atoms with van der Waals surface area (Å²) in [5, 5.41) is 15.5. The molecule has 9 heteroatoms. The van der Waals surface area contributed by atoms with Crippen LogP contribution in [-0.4, -0.2) is 37.2 Å². The number of nitriles is 1. The zero-order valence-electron chi connectivity index (χ0n) is 16.3. The van der Waals surface area contributed by atoms with Crippen molar-refractivity contribution in [3.05, 3.63) is 44.9 Å². The quantitative estimate of drug-likeness (QED) is 0.459. The first kappa shape index (κ1) is 23.0. The first-order valence-electron chi connectivity index (χ1n) is 8.96. The number of nitrogens with zero attached hydrogens (tertiary/aromatic N) is 1. The molecule has 0 unspecified atom stereocenters. The van der Waals surface area contributed by atoms with E-state index in [-0.39, 0.29) is 22.3 Å². The number of rotatable bonds is 7. The molecule has 2 rings (SSSR count). The molecule has 7 nitrogen and oxygen atoms in total. The van der Waals surface area contributed by atoms with E-state index in [2.05, 4.69) is 32.6 Å². The Morgan fingerprint density at radius 2 is 2.14 bits per heavy atom. The Kier molecular flexibility index (Phi) is 8.29. The van der Waals surface area contributed by atoms with E-state index in [0.717, 1.165) is 16.2 Å². The molecule has 2 N–H and O–H groups in total. The van der Waals surface area contributed by atoms with Crippen molar-refractivity contribution in [2.75, 3.05) is 19.4 Å². The predicted molar refractivity (Wildman–Crippen MR) is 113 cm³/mol. The van der Waals surface area contributed by atoms with E-state index >= 15 is 0 Å². The third-order valence-electron chi connectivity index (χ3n) is 4.25. The minimum atomic E-state index is -1.19. The molecule has 154 valence electrons. The second-order valence-corrected chi connectivity index (χ2v) is 8.77. The van der Waals surface area contributed by atoms with Gasteiger partial charge in [0.1, 0.15) is 5.92 Å². The van der Waals surface area contributed by atoms with Crippen LogP contribution in [0.1, 0.15) is 25.3 Å². The fourth-order valence-electron chi connectivity index (χ4n) is 2.89. The maximum atomic E-state index is 12.7. The lowest BCUT2D eigenvalue weighted by molar-refractivity contribution is -0.150. The maximum Gasteiger partial charge on any atom is 0.319 e. The van der Waals surface area contributed by atoms with Crippen molar-refractivity contribution in [3.8, 4) is 6.07 Å². The van der Waals surface area contributed by atoms with Gasteiger partial charge in [0.05, 0.1) is 29.5 Å². The van der Waals surface area contributed by atoms with Crippen LogP contribution < -0.4 is 10.6 Å². The number of carbonyl (C=O) groups excluding carboxylic acids is 3. The van der Waals surface area contributed by atoms with Gasteiger partial charge in [0, 0.05) is 16.9 Å². The van der Waals surface area contributed by atoms with Gasteiger partial charge in [-0.2, -0.15) is 5.26 Å². The van der Waals surface area contributed by atoms with Crippen molar-refractivity contribution >= 4 is 45.5 Å². The fraction of sp³-hybridized carbons (Fsp3) is 0.400. The third kappa shape index (κ3) is 5.84. The number of carbonyl (C=O) groups is 3. The summed E-state index contributed by atoms with van der Waals surface area (Å²) in [5.41, 5.74) is 0.850. The standard InChI is InChI=1S/C20H22BrN3O4S/c1-11(2)9-23-15(25)10-29-19-14(8-22)16(12-5-4-6-13(21)7-12)17(18(26)24-19)20(27)28-3/h4-7,11,16-17H,9-10H2,1-3H3,(H,23,25)(H,24,26)/t16-,17-/m1/s1. The van der Waals surface area contributed by atoms with Crippen LogP contribution >= 0.6 is 27.7 Å². The molecule has 0 bridgehead atoms. The number of allylic oxidation sites excluding steroid dienone is 1. The molecule has 29 heavy (non-hydrogen) atoms. The maximum absolute atomic E-state index is 12.7. The summed E-state index contributed by atoms with van der Waals surface area (Å²) < 4.78 is 5.56. The lowest BCUT2D eigenvalue weighted by atomic mass is 9.78. The molecule has 0 aliphatic carbocycles. The fourth-order valence-corrected chi connectivity index (χ4v) is 4.18. The molecule has 1 heterocycles. The first-order chi connectivity index (χ1) is 13.8. The van der Waals surface area contributed by atoms with Gasteiger partial charge in [-0.3, -0.25) is 14.4 Å². The van der Waals surface area contributed by atoms with Crippen molar-refractivity contribution in [3.63, 3.8) is 0 Å². The number of benzene rings is 1. The molecule has 0 spiro atoms. The van der Waals surface area contributed by atoms with Gasteiger partial charge in [-0.25, -0.2) is 0 Å². The second kappa shape index (κ2) is 10.5. The van der Waals surface area contributed by atoms with Crippen molar-refractivity contribution in [2.24, 2.45) is 11.8 Å². The number of thioether (sulfide) groups is 1. The highest BCUT2D eigenvalue weighted by Crippen LogP contribution is 2.40. The Morgan fingerprint density at radius 3 is 2.72 bits per heavy atom. The van der Waals surface area contributed by atoms with Crippen molar-refractivity contribution < 1.29 is 19.1 Å². The Balaban J connectivity index is 2.39. The molecule has 0 radical (unpaired) electrons. The van der Waals surface area contributed by atoms with Crippen LogP contribution in [0.25, 0.3) is 0 Å². The van der Waals surface area contributed by atoms with Crippen LogP contribution in [0, 0.1) is 23.2 Å². The number of hydrogen-bond donors (Lipinski definition) is 2. The highest BCUT2D eigenvalue weighted by Gasteiger charge is 2.44. The third-order valence-corrected chi connectivity index (χ3v) is 5.76. The van der Waals surface area contributed by atoms with Gasteiger partial charge in [-0.1, -0.05) is 53.7 Å². The van der Waals surface area contributed by atoms with Gasteiger partial charge >= 0.3 is 5.97 Å². The van der Waals surface area contributed by atoms with Crippen LogP contribution in [0.15, 0.2) is 39.3 Å². The smallest absolute Gasteiger partial charge is 0.319 e. The molecule has 0 aromatic heterocycles. The molecule has 1 aromatic rings. The molecule has 1 aliphatic rings. The van der Waals surface area contributed by atoms with Crippen LogP contribution in [0.4, 0.5) is 0 Å². The lowest BCUT2D eigenvalue weighted by Crippen LogP contribution is -2.44. The molecule has 2 atom stereocenters. The molecule has 0 saturated carbocycles. The number of methoxy groups -OCH3 is 1. The van der Waals surface area contributed by atoms with Crippen molar-refractivity contribution in [2.45, 2.75) is 19.8 Å². The molecule has 1 aromatic carbocycles. The summed E-state index contributed by atoms with van der Waals surface area (Å²) in [5.74, 6) is -3.12. The average Bonchev–Trinajstić information content (AvgIpc) is 2.69. The number of hydrogen-bond acceptors (Lipinski definition) is 6. The van der Waals surface area contributed by atoms with E-state index in [9.17, 15) is 19.6 Å². The summed E-state index contributed by atoms with van der Waals surface area (Å²) in [4.78, 5) is 37.1. The van der Waals surface area contributed by atoms with Crippen LogP contribution in [0.3, 0.4) is 0 Å². The topological polar surface area (TPSA) is 108 Å². The minimum Gasteiger partial charge on any atom is -0.468 e. The van der Waals surface area contributed by atoms with E-state index in [0.29, 0.717) is 18.0 Å². The molecule has 2 amide bonds. The Hall–Kier alpha value is -2.31. The van der Waals surface area contributed by atoms with E-state index in [1.54, 1.807) is 18.2 Å². The summed E-state index contributed by atoms with van der Waals surface area (Å²) in [7, 11) is 1.20. The number of ether oxygens (including phenoxy) is 1. The Bertz CT molecular complexity index is 879. The molecular weight excluding hydrogens is 458 g/mol. The van der Waals surface area contributed by atoms with Gasteiger partial charge < -0.3 is 15.4 Å². The lowest BCUT2D eigenvalue weighted by Gasteiger charge is -2.31. The van der Waals surface area contributed by atoms with Gasteiger partial charge in [0.25, 0.3) is 0 Å². The monoisotopic (exact) mass is 479 g/mol. The Labute approximate surface area is 182 Å². The largest absolute Gasteiger partial charge is 0.468 e. The normalized spacial score (nSPS) is 18.8. The summed E-state index contributed by atoms with van der Waals surface area (Å²) in [6.07, 6.45) is 0. The van der Waals surface area contributed by atoms with Crippen LogP contribution in [0.5, 0.6) is 0 Å². The minimum absolute atomic E-state index is 0.0433. The zero-order valence-corrected chi connectivity index (χ0v) is 18.7. The Morgan fingerprint density at radius 1 is 1.41 bits per heavy atom. The highest BCUT2D eigenvalue weighted by atomic mass is 79.9. The number of nitrogens with one attached hydrogen (secondary N) is 2.